The lowest BCUT2D eigenvalue weighted by Crippen LogP contribution is -2.46. The van der Waals surface area contributed by atoms with E-state index in [-0.39, 0.29) is 5.91 Å². The fourth-order valence-electron chi connectivity index (χ4n) is 3.42. The second kappa shape index (κ2) is 8.22. The molecule has 1 aliphatic rings. The van der Waals surface area contributed by atoms with Crippen molar-refractivity contribution in [3.05, 3.63) is 66.9 Å². The molecule has 0 aliphatic carbocycles. The summed E-state index contributed by atoms with van der Waals surface area (Å²) in [4.78, 5) is 25.9. The van der Waals surface area contributed by atoms with Crippen LogP contribution >= 0.6 is 0 Å². The maximum absolute atomic E-state index is 12.7. The van der Waals surface area contributed by atoms with E-state index in [4.69, 9.17) is 0 Å². The number of hydrogen-bond donors (Lipinski definition) is 1. The Labute approximate surface area is 164 Å². The molecule has 0 atom stereocenters. The van der Waals surface area contributed by atoms with Crippen molar-refractivity contribution in [1.82, 2.24) is 19.4 Å². The van der Waals surface area contributed by atoms with Gasteiger partial charge in [0, 0.05) is 44.8 Å². The molecule has 1 amide bonds. The van der Waals surface area contributed by atoms with Gasteiger partial charge >= 0.3 is 0 Å². The largest absolute Gasteiger partial charge is 0.367 e. The van der Waals surface area contributed by atoms with Crippen LogP contribution in [-0.4, -0.2) is 58.1 Å². The maximum atomic E-state index is 12.7. The Kier molecular flexibility index (Phi) is 5.34. The van der Waals surface area contributed by atoms with Gasteiger partial charge in [-0.15, -0.1) is 0 Å². The summed E-state index contributed by atoms with van der Waals surface area (Å²) in [5.41, 5.74) is 2.42. The molecule has 7 heteroatoms. The van der Waals surface area contributed by atoms with Crippen molar-refractivity contribution in [3.63, 3.8) is 0 Å². The lowest BCUT2D eigenvalue weighted by molar-refractivity contribution is 0.102. The number of imidazole rings is 1. The fourth-order valence-corrected chi connectivity index (χ4v) is 3.42. The van der Waals surface area contributed by atoms with Gasteiger partial charge in [-0.25, -0.2) is 9.97 Å². The molecule has 1 fully saturated rings. The summed E-state index contributed by atoms with van der Waals surface area (Å²) in [6.45, 7) is 7.27. The molecule has 28 heavy (non-hydrogen) atoms. The molecule has 1 saturated heterocycles. The average Bonchev–Trinajstić information content (AvgIpc) is 3.29. The zero-order valence-corrected chi connectivity index (χ0v) is 16.0. The molecular weight excluding hydrogens is 352 g/mol. The van der Waals surface area contributed by atoms with Crippen molar-refractivity contribution < 1.29 is 4.79 Å². The third-order valence-corrected chi connectivity index (χ3v) is 5.09. The molecule has 1 aromatic carbocycles. The van der Waals surface area contributed by atoms with Crippen LogP contribution in [0.4, 0.5) is 11.4 Å². The highest BCUT2D eigenvalue weighted by molar-refractivity contribution is 6.05. The first kappa shape index (κ1) is 18.2. The van der Waals surface area contributed by atoms with Crippen LogP contribution in [0.3, 0.4) is 0 Å². The third kappa shape index (κ3) is 3.89. The van der Waals surface area contributed by atoms with Crippen LogP contribution in [0.1, 0.15) is 17.3 Å². The molecule has 7 nitrogen and oxygen atoms in total. The molecule has 0 spiro atoms. The minimum absolute atomic E-state index is 0.163. The molecule has 2 aromatic heterocycles. The lowest BCUT2D eigenvalue weighted by Gasteiger charge is -2.36. The number of carbonyl (C=O) groups is 1. The molecule has 1 aliphatic heterocycles. The van der Waals surface area contributed by atoms with Crippen LogP contribution in [0.5, 0.6) is 0 Å². The Hall–Kier alpha value is -3.19. The normalized spacial score (nSPS) is 14.8. The molecular formula is C21H24N6O. The van der Waals surface area contributed by atoms with E-state index in [0.717, 1.165) is 49.9 Å². The minimum Gasteiger partial charge on any atom is -0.367 e. The molecule has 144 valence electrons. The average molecular weight is 376 g/mol. The van der Waals surface area contributed by atoms with Crippen molar-refractivity contribution in [3.8, 4) is 5.82 Å². The standard InChI is InChI=1S/C21H24N6O/c1-2-25-11-13-26(14-12-25)19-6-4-3-5-18(19)24-21(28)17-7-8-20(23-15-17)27-10-9-22-16-27/h3-10,15-16H,2,11-14H2,1H3,(H,24,28). The summed E-state index contributed by atoms with van der Waals surface area (Å²) in [7, 11) is 0. The predicted molar refractivity (Wildman–Crippen MR) is 110 cm³/mol. The van der Waals surface area contributed by atoms with E-state index < -0.39 is 0 Å². The molecule has 1 N–H and O–H groups in total. The van der Waals surface area contributed by atoms with Crippen molar-refractivity contribution in [2.75, 3.05) is 42.9 Å². The number of anilines is 2. The van der Waals surface area contributed by atoms with Gasteiger partial charge in [-0.1, -0.05) is 19.1 Å². The van der Waals surface area contributed by atoms with Gasteiger partial charge in [0.15, 0.2) is 0 Å². The summed E-state index contributed by atoms with van der Waals surface area (Å²) in [6.07, 6.45) is 6.78. The molecule has 3 aromatic rings. The van der Waals surface area contributed by atoms with Gasteiger partial charge in [0.1, 0.15) is 12.1 Å². The molecule has 0 unspecified atom stereocenters. The molecule has 0 bridgehead atoms. The number of amides is 1. The van der Waals surface area contributed by atoms with Gasteiger partial charge in [0.2, 0.25) is 0 Å². The highest BCUT2D eigenvalue weighted by Crippen LogP contribution is 2.27. The number of piperazine rings is 1. The smallest absolute Gasteiger partial charge is 0.257 e. The van der Waals surface area contributed by atoms with Gasteiger partial charge in [-0.2, -0.15) is 0 Å². The Bertz CT molecular complexity index is 914. The van der Waals surface area contributed by atoms with Gasteiger partial charge in [0.05, 0.1) is 16.9 Å². The number of pyridine rings is 1. The predicted octanol–water partition coefficient (Wildman–Crippen LogP) is 2.66. The van der Waals surface area contributed by atoms with Crippen LogP contribution in [0, 0.1) is 0 Å². The van der Waals surface area contributed by atoms with E-state index in [0.29, 0.717) is 5.56 Å². The number of carbonyl (C=O) groups excluding carboxylic acids is 1. The highest BCUT2D eigenvalue weighted by atomic mass is 16.1. The quantitative estimate of drug-likeness (QED) is 0.742. The molecule has 4 rings (SSSR count). The van der Waals surface area contributed by atoms with Crippen LogP contribution < -0.4 is 10.2 Å². The van der Waals surface area contributed by atoms with Gasteiger partial charge in [-0.3, -0.25) is 9.36 Å². The zero-order chi connectivity index (χ0) is 19.3. The number of nitrogens with zero attached hydrogens (tertiary/aromatic N) is 5. The van der Waals surface area contributed by atoms with E-state index in [1.165, 1.54) is 0 Å². The van der Waals surface area contributed by atoms with E-state index in [1.54, 1.807) is 29.4 Å². The number of aromatic nitrogens is 3. The zero-order valence-electron chi connectivity index (χ0n) is 16.0. The van der Waals surface area contributed by atoms with E-state index in [2.05, 4.69) is 38.1 Å². The molecule has 0 radical (unpaired) electrons. The van der Waals surface area contributed by atoms with Gasteiger partial charge in [0.25, 0.3) is 5.91 Å². The first-order valence-corrected chi connectivity index (χ1v) is 9.56. The number of rotatable bonds is 5. The van der Waals surface area contributed by atoms with Crippen molar-refractivity contribution in [2.45, 2.75) is 6.92 Å². The van der Waals surface area contributed by atoms with Crippen molar-refractivity contribution in [1.29, 1.82) is 0 Å². The van der Waals surface area contributed by atoms with Crippen molar-refractivity contribution >= 4 is 17.3 Å². The first-order chi connectivity index (χ1) is 13.7. The second-order valence-electron chi connectivity index (χ2n) is 6.77. The molecule has 0 saturated carbocycles. The summed E-state index contributed by atoms with van der Waals surface area (Å²) >= 11 is 0. The number of nitrogens with one attached hydrogen (secondary N) is 1. The van der Waals surface area contributed by atoms with Crippen LogP contribution in [-0.2, 0) is 0 Å². The number of likely N-dealkylation sites (N-methyl/N-ethyl adjacent to an activating group) is 1. The molecule has 3 heterocycles. The SMILES string of the molecule is CCN1CCN(c2ccccc2NC(=O)c2ccc(-n3ccnc3)nc2)CC1. The number of hydrogen-bond acceptors (Lipinski definition) is 5. The maximum Gasteiger partial charge on any atom is 0.257 e. The summed E-state index contributed by atoms with van der Waals surface area (Å²) in [5, 5.41) is 3.05. The number of para-hydroxylation sites is 2. The van der Waals surface area contributed by atoms with E-state index in [1.807, 2.05) is 30.5 Å². The second-order valence-corrected chi connectivity index (χ2v) is 6.77. The third-order valence-electron chi connectivity index (χ3n) is 5.09. The Morgan fingerprint density at radius 3 is 2.61 bits per heavy atom. The fraction of sp³-hybridized carbons (Fsp3) is 0.286. The first-order valence-electron chi connectivity index (χ1n) is 9.56. The van der Waals surface area contributed by atoms with Crippen LogP contribution in [0.2, 0.25) is 0 Å². The minimum atomic E-state index is -0.163. The van der Waals surface area contributed by atoms with Crippen molar-refractivity contribution in [2.24, 2.45) is 0 Å². The number of benzene rings is 1. The van der Waals surface area contributed by atoms with Crippen LogP contribution in [0.15, 0.2) is 61.3 Å². The summed E-state index contributed by atoms with van der Waals surface area (Å²) in [5.74, 6) is 0.563. The highest BCUT2D eigenvalue weighted by Gasteiger charge is 2.19. The van der Waals surface area contributed by atoms with Gasteiger partial charge in [-0.05, 0) is 30.8 Å². The van der Waals surface area contributed by atoms with E-state index in [9.17, 15) is 4.79 Å². The summed E-state index contributed by atoms with van der Waals surface area (Å²) < 4.78 is 1.80. The lowest BCUT2D eigenvalue weighted by atomic mass is 10.2. The monoisotopic (exact) mass is 376 g/mol. The summed E-state index contributed by atoms with van der Waals surface area (Å²) in [6, 6.07) is 11.6. The van der Waals surface area contributed by atoms with Crippen LogP contribution in [0.25, 0.3) is 5.82 Å². The van der Waals surface area contributed by atoms with Gasteiger partial charge < -0.3 is 15.1 Å². The Morgan fingerprint density at radius 1 is 1.11 bits per heavy atom. The Morgan fingerprint density at radius 2 is 1.93 bits per heavy atom. The topological polar surface area (TPSA) is 66.3 Å². The Balaban J connectivity index is 1.48. The van der Waals surface area contributed by atoms with E-state index >= 15 is 0 Å².